The minimum atomic E-state index is -0.556. The van der Waals surface area contributed by atoms with Gasteiger partial charge in [0.25, 0.3) is 0 Å². The predicted molar refractivity (Wildman–Crippen MR) is 114 cm³/mol. The van der Waals surface area contributed by atoms with Crippen LogP contribution in [0.3, 0.4) is 0 Å². The number of carbonyl (C=O) groups is 2. The molecule has 3 rings (SSSR count). The minimum Gasteiger partial charge on any atom is -0.497 e. The van der Waals surface area contributed by atoms with E-state index in [4.69, 9.17) is 9.47 Å². The molecule has 0 aliphatic carbocycles. The van der Waals surface area contributed by atoms with Gasteiger partial charge in [0.2, 0.25) is 11.8 Å². The lowest BCUT2D eigenvalue weighted by Gasteiger charge is -2.07. The van der Waals surface area contributed by atoms with Gasteiger partial charge in [-0.3, -0.25) is 9.59 Å². The number of thioether (sulfide) groups is 1. The number of amidine groups is 1. The first kappa shape index (κ1) is 20.4. The van der Waals surface area contributed by atoms with Crippen LogP contribution in [0, 0.1) is 0 Å². The lowest BCUT2D eigenvalue weighted by atomic mass is 10.2. The zero-order valence-electron chi connectivity index (χ0n) is 15.9. The van der Waals surface area contributed by atoms with E-state index in [1.807, 2.05) is 18.2 Å². The molecule has 0 spiro atoms. The molecule has 1 heterocycles. The SMILES string of the molecule is COc1ccc(OC)c(/C=N\N=C2/NC(=O)[C@@H](CC(=O)Nc3ccccc3)S2)c1. The van der Waals surface area contributed by atoms with E-state index in [0.29, 0.717) is 27.9 Å². The Morgan fingerprint density at radius 2 is 2.00 bits per heavy atom. The van der Waals surface area contributed by atoms with Crippen LogP contribution < -0.4 is 20.1 Å². The number of rotatable bonds is 7. The van der Waals surface area contributed by atoms with Gasteiger partial charge in [-0.2, -0.15) is 5.10 Å². The maximum Gasteiger partial charge on any atom is 0.240 e. The smallest absolute Gasteiger partial charge is 0.240 e. The third-order valence-corrected chi connectivity index (χ3v) is 5.06. The van der Waals surface area contributed by atoms with Gasteiger partial charge in [-0.1, -0.05) is 30.0 Å². The number of para-hydroxylation sites is 1. The highest BCUT2D eigenvalue weighted by atomic mass is 32.2. The molecule has 150 valence electrons. The number of ether oxygens (including phenoxy) is 2. The van der Waals surface area contributed by atoms with Crippen molar-refractivity contribution >= 4 is 40.6 Å². The third kappa shape index (κ3) is 5.58. The predicted octanol–water partition coefficient (Wildman–Crippen LogP) is 2.65. The average Bonchev–Trinajstić information content (AvgIpc) is 3.07. The van der Waals surface area contributed by atoms with Crippen molar-refractivity contribution in [2.45, 2.75) is 11.7 Å². The fraction of sp³-hybridized carbons (Fsp3) is 0.200. The zero-order valence-corrected chi connectivity index (χ0v) is 16.7. The Bertz CT molecular complexity index is 947. The van der Waals surface area contributed by atoms with E-state index in [2.05, 4.69) is 20.8 Å². The highest BCUT2D eigenvalue weighted by molar-refractivity contribution is 8.15. The summed E-state index contributed by atoms with van der Waals surface area (Å²) in [5.74, 6) is 0.766. The molecule has 0 unspecified atom stereocenters. The Morgan fingerprint density at radius 3 is 2.72 bits per heavy atom. The summed E-state index contributed by atoms with van der Waals surface area (Å²) in [6.07, 6.45) is 1.55. The monoisotopic (exact) mass is 412 g/mol. The van der Waals surface area contributed by atoms with Crippen molar-refractivity contribution in [1.29, 1.82) is 0 Å². The molecule has 0 radical (unpaired) electrons. The molecule has 1 aliphatic rings. The van der Waals surface area contributed by atoms with Crippen LogP contribution in [0.5, 0.6) is 11.5 Å². The molecule has 2 amide bonds. The number of hydrogen-bond acceptors (Lipinski definition) is 7. The van der Waals surface area contributed by atoms with Crippen molar-refractivity contribution in [1.82, 2.24) is 5.32 Å². The maximum atomic E-state index is 12.2. The number of methoxy groups -OCH3 is 2. The van der Waals surface area contributed by atoms with Gasteiger partial charge in [-0.25, -0.2) is 0 Å². The maximum absolute atomic E-state index is 12.2. The Morgan fingerprint density at radius 1 is 1.21 bits per heavy atom. The molecular formula is C20H20N4O4S. The van der Waals surface area contributed by atoms with Crippen molar-refractivity contribution < 1.29 is 19.1 Å². The summed E-state index contributed by atoms with van der Waals surface area (Å²) in [6, 6.07) is 14.4. The second kappa shape index (κ2) is 9.74. The quantitative estimate of drug-likeness (QED) is 0.538. The van der Waals surface area contributed by atoms with E-state index in [0.717, 1.165) is 0 Å². The highest BCUT2D eigenvalue weighted by Crippen LogP contribution is 2.24. The van der Waals surface area contributed by atoms with Gasteiger partial charge < -0.3 is 20.1 Å². The molecule has 1 saturated heterocycles. The summed E-state index contributed by atoms with van der Waals surface area (Å²) in [6.45, 7) is 0. The van der Waals surface area contributed by atoms with Crippen LogP contribution in [-0.2, 0) is 9.59 Å². The van der Waals surface area contributed by atoms with Crippen LogP contribution in [0.1, 0.15) is 12.0 Å². The van der Waals surface area contributed by atoms with Crippen molar-refractivity contribution in [3.05, 3.63) is 54.1 Å². The van der Waals surface area contributed by atoms with E-state index in [1.54, 1.807) is 44.6 Å². The van der Waals surface area contributed by atoms with Crippen LogP contribution >= 0.6 is 11.8 Å². The molecule has 0 aromatic heterocycles. The molecule has 8 nitrogen and oxygen atoms in total. The topological polar surface area (TPSA) is 101 Å². The summed E-state index contributed by atoms with van der Waals surface area (Å²) < 4.78 is 10.5. The molecule has 29 heavy (non-hydrogen) atoms. The average molecular weight is 412 g/mol. The molecule has 0 bridgehead atoms. The van der Waals surface area contributed by atoms with Crippen molar-refractivity contribution in [3.63, 3.8) is 0 Å². The molecular weight excluding hydrogens is 392 g/mol. The number of carbonyl (C=O) groups excluding carboxylic acids is 2. The van der Waals surface area contributed by atoms with Crippen LogP contribution in [-0.4, -0.2) is 42.7 Å². The molecule has 0 saturated carbocycles. The number of benzene rings is 2. The van der Waals surface area contributed by atoms with E-state index >= 15 is 0 Å². The normalized spacial score (nSPS) is 17.4. The Balaban J connectivity index is 1.60. The van der Waals surface area contributed by atoms with Gasteiger partial charge in [-0.05, 0) is 30.3 Å². The van der Waals surface area contributed by atoms with E-state index in [1.165, 1.54) is 18.0 Å². The van der Waals surface area contributed by atoms with Gasteiger partial charge in [0.15, 0.2) is 5.17 Å². The zero-order chi connectivity index (χ0) is 20.6. The summed E-state index contributed by atoms with van der Waals surface area (Å²) >= 11 is 1.17. The van der Waals surface area contributed by atoms with E-state index in [9.17, 15) is 9.59 Å². The summed E-state index contributed by atoms with van der Waals surface area (Å²) in [4.78, 5) is 24.3. The lowest BCUT2D eigenvalue weighted by molar-refractivity contribution is -0.122. The lowest BCUT2D eigenvalue weighted by Crippen LogP contribution is -2.28. The largest absolute Gasteiger partial charge is 0.497 e. The summed E-state index contributed by atoms with van der Waals surface area (Å²) in [5.41, 5.74) is 1.37. The van der Waals surface area contributed by atoms with Crippen LogP contribution in [0.15, 0.2) is 58.7 Å². The van der Waals surface area contributed by atoms with Gasteiger partial charge in [0.1, 0.15) is 16.7 Å². The number of anilines is 1. The number of nitrogens with one attached hydrogen (secondary N) is 2. The first-order valence-electron chi connectivity index (χ1n) is 8.74. The summed E-state index contributed by atoms with van der Waals surface area (Å²) in [7, 11) is 3.13. The second-order valence-corrected chi connectivity index (χ2v) is 7.16. The van der Waals surface area contributed by atoms with Gasteiger partial charge in [-0.15, -0.1) is 5.10 Å². The first-order chi connectivity index (χ1) is 14.1. The molecule has 2 aromatic rings. The van der Waals surface area contributed by atoms with E-state index < -0.39 is 5.25 Å². The molecule has 2 N–H and O–H groups in total. The van der Waals surface area contributed by atoms with E-state index in [-0.39, 0.29) is 18.2 Å². The number of nitrogens with zero attached hydrogens (tertiary/aromatic N) is 2. The van der Waals surface area contributed by atoms with Crippen molar-refractivity contribution in [3.8, 4) is 11.5 Å². The fourth-order valence-corrected chi connectivity index (χ4v) is 3.50. The van der Waals surface area contributed by atoms with Gasteiger partial charge in [0.05, 0.1) is 20.4 Å². The molecule has 1 atom stereocenters. The van der Waals surface area contributed by atoms with Crippen LogP contribution in [0.2, 0.25) is 0 Å². The van der Waals surface area contributed by atoms with Gasteiger partial charge in [0, 0.05) is 17.7 Å². The van der Waals surface area contributed by atoms with Crippen LogP contribution in [0.4, 0.5) is 5.69 Å². The van der Waals surface area contributed by atoms with Crippen molar-refractivity contribution in [2.24, 2.45) is 10.2 Å². The molecule has 1 fully saturated rings. The van der Waals surface area contributed by atoms with Crippen LogP contribution in [0.25, 0.3) is 0 Å². The van der Waals surface area contributed by atoms with Crippen molar-refractivity contribution in [2.75, 3.05) is 19.5 Å². The van der Waals surface area contributed by atoms with Gasteiger partial charge >= 0.3 is 0 Å². The number of amides is 2. The first-order valence-corrected chi connectivity index (χ1v) is 9.62. The minimum absolute atomic E-state index is 0.0395. The molecule has 9 heteroatoms. The number of hydrogen-bond donors (Lipinski definition) is 2. The summed E-state index contributed by atoms with van der Waals surface area (Å²) in [5, 5.41) is 13.2. The fourth-order valence-electron chi connectivity index (χ4n) is 2.57. The standard InChI is InChI=1S/C20H20N4O4S/c1-27-15-8-9-16(28-2)13(10-15)12-21-24-20-23-19(26)17(29-20)11-18(25)22-14-6-4-3-5-7-14/h3-10,12,17H,11H2,1-2H3,(H,22,25)(H,23,24,26)/b21-12-/t17-/m1/s1. The Hall–Kier alpha value is -3.33. The third-order valence-electron chi connectivity index (χ3n) is 3.99. The Kier molecular flexibility index (Phi) is 6.85. The second-order valence-electron chi connectivity index (χ2n) is 5.97. The highest BCUT2D eigenvalue weighted by Gasteiger charge is 2.32. The molecule has 1 aliphatic heterocycles. The Labute approximate surface area is 172 Å². The molecule has 2 aromatic carbocycles.